The van der Waals surface area contributed by atoms with Gasteiger partial charge in [-0.05, 0) is 22.3 Å². The van der Waals surface area contributed by atoms with Gasteiger partial charge in [0.05, 0.1) is 52.9 Å². The normalized spacial score (nSPS) is 21.2. The molecule has 5 rings (SSSR count). The predicted molar refractivity (Wildman–Crippen MR) is 177 cm³/mol. The van der Waals surface area contributed by atoms with Crippen molar-refractivity contribution >= 4 is 0 Å². The first kappa shape index (κ1) is 33.7. The molecule has 4 aromatic rings. The zero-order chi connectivity index (χ0) is 31.7. The summed E-state index contributed by atoms with van der Waals surface area (Å²) < 4.78 is 44.8. The molecule has 0 amide bonds. The van der Waals surface area contributed by atoms with Gasteiger partial charge < -0.3 is 33.2 Å². The van der Waals surface area contributed by atoms with Crippen molar-refractivity contribution in [2.75, 3.05) is 26.4 Å². The summed E-state index contributed by atoms with van der Waals surface area (Å²) in [6.07, 6.45) is -1.19. The second-order valence-electron chi connectivity index (χ2n) is 11.1. The van der Waals surface area contributed by atoms with Gasteiger partial charge in [0.2, 0.25) is 0 Å². The Morgan fingerprint density at radius 1 is 0.500 bits per heavy atom. The summed E-state index contributed by atoms with van der Waals surface area (Å²) in [5.74, 6) is 0. The zero-order valence-corrected chi connectivity index (χ0v) is 26.2. The van der Waals surface area contributed by atoms with Crippen molar-refractivity contribution in [3.63, 3.8) is 0 Å². The van der Waals surface area contributed by atoms with Crippen LogP contribution in [0.25, 0.3) is 0 Å². The third-order valence-electron chi connectivity index (χ3n) is 7.59. The maximum Gasteiger partial charge on any atom is 0.187 e. The standard InChI is InChI=1S/C39H44O7/c1-2-23-40-24-25-42-39-38(45-29-34-21-13-6-14-22-34)37(44-28-33-19-11-5-12-20-33)36(43-27-32-17-9-4-10-18-32)35(46-39)30-41-26-31-15-7-3-8-16-31/h2-22,35-39H,1,23-30H2/t35-,36-,37+,38+,39+/m1/s1. The molecule has 0 aliphatic carbocycles. The molecule has 0 N–H and O–H groups in total. The summed E-state index contributed by atoms with van der Waals surface area (Å²) in [6, 6.07) is 40.3. The molecule has 7 heteroatoms. The lowest BCUT2D eigenvalue weighted by Crippen LogP contribution is -2.62. The van der Waals surface area contributed by atoms with Gasteiger partial charge in [0, 0.05) is 0 Å². The highest BCUT2D eigenvalue weighted by Gasteiger charge is 2.49. The Morgan fingerprint density at radius 2 is 0.957 bits per heavy atom. The molecular weight excluding hydrogens is 580 g/mol. The van der Waals surface area contributed by atoms with Gasteiger partial charge in [-0.3, -0.25) is 0 Å². The van der Waals surface area contributed by atoms with Crippen LogP contribution in [0, 0.1) is 0 Å². The van der Waals surface area contributed by atoms with Gasteiger partial charge in [-0.2, -0.15) is 0 Å². The highest BCUT2D eigenvalue weighted by Crippen LogP contribution is 2.31. The second-order valence-corrected chi connectivity index (χ2v) is 11.1. The minimum atomic E-state index is -0.751. The van der Waals surface area contributed by atoms with Crippen LogP contribution < -0.4 is 0 Å². The Morgan fingerprint density at radius 3 is 1.46 bits per heavy atom. The molecule has 0 unspecified atom stereocenters. The van der Waals surface area contributed by atoms with Gasteiger partial charge in [0.15, 0.2) is 6.29 Å². The van der Waals surface area contributed by atoms with Gasteiger partial charge in [-0.1, -0.05) is 127 Å². The molecular formula is C39H44O7. The molecule has 4 aromatic carbocycles. The van der Waals surface area contributed by atoms with E-state index in [9.17, 15) is 0 Å². The third kappa shape index (κ3) is 10.7. The first-order valence-electron chi connectivity index (χ1n) is 15.8. The number of ether oxygens (including phenoxy) is 7. The number of rotatable bonds is 19. The van der Waals surface area contributed by atoms with Gasteiger partial charge in [0.25, 0.3) is 0 Å². The fourth-order valence-corrected chi connectivity index (χ4v) is 5.27. The van der Waals surface area contributed by atoms with E-state index in [1.54, 1.807) is 6.08 Å². The van der Waals surface area contributed by atoms with E-state index in [0.717, 1.165) is 22.3 Å². The van der Waals surface area contributed by atoms with Crippen LogP contribution >= 0.6 is 0 Å². The quantitative estimate of drug-likeness (QED) is 0.0831. The minimum absolute atomic E-state index is 0.276. The maximum absolute atomic E-state index is 6.73. The first-order chi connectivity index (χ1) is 22.8. The maximum atomic E-state index is 6.73. The van der Waals surface area contributed by atoms with Crippen molar-refractivity contribution in [2.45, 2.75) is 57.1 Å². The topological polar surface area (TPSA) is 64.6 Å². The monoisotopic (exact) mass is 624 g/mol. The van der Waals surface area contributed by atoms with Crippen molar-refractivity contribution < 1.29 is 33.2 Å². The highest BCUT2D eigenvalue weighted by atomic mass is 16.7. The fourth-order valence-electron chi connectivity index (χ4n) is 5.27. The highest BCUT2D eigenvalue weighted by molar-refractivity contribution is 5.16. The predicted octanol–water partition coefficient (Wildman–Crippen LogP) is 6.90. The summed E-state index contributed by atoms with van der Waals surface area (Å²) in [5.41, 5.74) is 4.21. The zero-order valence-electron chi connectivity index (χ0n) is 26.2. The first-order valence-corrected chi connectivity index (χ1v) is 15.8. The van der Waals surface area contributed by atoms with E-state index >= 15 is 0 Å². The minimum Gasteiger partial charge on any atom is -0.375 e. The van der Waals surface area contributed by atoms with Crippen molar-refractivity contribution in [1.82, 2.24) is 0 Å². The summed E-state index contributed by atoms with van der Waals surface area (Å²) in [6.45, 7) is 6.67. The molecule has 0 saturated carbocycles. The van der Waals surface area contributed by atoms with E-state index in [4.69, 9.17) is 33.2 Å². The molecule has 46 heavy (non-hydrogen) atoms. The van der Waals surface area contributed by atoms with E-state index in [1.165, 1.54) is 0 Å². The van der Waals surface area contributed by atoms with Crippen LogP contribution in [0.4, 0.5) is 0 Å². The molecule has 0 aromatic heterocycles. The number of hydrogen-bond donors (Lipinski definition) is 0. The Balaban J connectivity index is 1.41. The lowest BCUT2D eigenvalue weighted by Gasteiger charge is -2.46. The van der Waals surface area contributed by atoms with E-state index in [1.807, 2.05) is 121 Å². The second kappa shape index (κ2) is 19.1. The van der Waals surface area contributed by atoms with Crippen LogP contribution in [0.2, 0.25) is 0 Å². The Bertz CT molecular complexity index is 1370. The average Bonchev–Trinajstić information content (AvgIpc) is 3.11. The van der Waals surface area contributed by atoms with Crippen LogP contribution in [0.5, 0.6) is 0 Å². The SMILES string of the molecule is C=CCOCCO[C@H]1O[C@H](COCc2ccccc2)[C@@H](OCc2ccccc2)[C@H](OCc2ccccc2)[C@@H]1OCc1ccccc1. The van der Waals surface area contributed by atoms with Crippen molar-refractivity contribution in [3.05, 3.63) is 156 Å². The van der Waals surface area contributed by atoms with Gasteiger partial charge >= 0.3 is 0 Å². The van der Waals surface area contributed by atoms with Crippen LogP contribution in [0.1, 0.15) is 22.3 Å². The molecule has 1 fully saturated rings. The third-order valence-corrected chi connectivity index (χ3v) is 7.59. The molecule has 1 aliphatic heterocycles. The van der Waals surface area contributed by atoms with Crippen LogP contribution in [0.15, 0.2) is 134 Å². The van der Waals surface area contributed by atoms with Gasteiger partial charge in [0.1, 0.15) is 24.4 Å². The average molecular weight is 625 g/mol. The van der Waals surface area contributed by atoms with E-state index in [-0.39, 0.29) is 6.61 Å². The summed E-state index contributed by atoms with van der Waals surface area (Å²) in [5, 5.41) is 0. The van der Waals surface area contributed by atoms with Gasteiger partial charge in [-0.25, -0.2) is 0 Å². The molecule has 1 heterocycles. The van der Waals surface area contributed by atoms with Crippen LogP contribution in [-0.2, 0) is 59.6 Å². The fraction of sp³-hybridized carbons (Fsp3) is 0.333. The molecule has 5 atom stereocenters. The summed E-state index contributed by atoms with van der Waals surface area (Å²) in [7, 11) is 0. The number of benzene rings is 4. The van der Waals surface area contributed by atoms with E-state index < -0.39 is 30.7 Å². The number of hydrogen-bond acceptors (Lipinski definition) is 7. The largest absolute Gasteiger partial charge is 0.375 e. The lowest BCUT2D eigenvalue weighted by molar-refractivity contribution is -0.329. The Kier molecular flexibility index (Phi) is 14.0. The van der Waals surface area contributed by atoms with Gasteiger partial charge in [-0.15, -0.1) is 6.58 Å². The van der Waals surface area contributed by atoms with Crippen molar-refractivity contribution in [3.8, 4) is 0 Å². The Labute approximate surface area is 272 Å². The Hall–Kier alpha value is -3.66. The molecule has 1 saturated heterocycles. The molecule has 1 aliphatic rings. The summed E-state index contributed by atoms with van der Waals surface area (Å²) in [4.78, 5) is 0. The molecule has 7 nitrogen and oxygen atoms in total. The molecule has 0 bridgehead atoms. The lowest BCUT2D eigenvalue weighted by atomic mass is 9.97. The van der Waals surface area contributed by atoms with E-state index in [2.05, 4.69) is 6.58 Å². The molecule has 242 valence electrons. The van der Waals surface area contributed by atoms with Crippen LogP contribution in [0.3, 0.4) is 0 Å². The molecule has 0 radical (unpaired) electrons. The van der Waals surface area contributed by atoms with Crippen molar-refractivity contribution in [2.24, 2.45) is 0 Å². The molecule has 0 spiro atoms. The summed E-state index contributed by atoms with van der Waals surface area (Å²) >= 11 is 0. The van der Waals surface area contributed by atoms with Crippen LogP contribution in [-0.4, -0.2) is 57.1 Å². The van der Waals surface area contributed by atoms with Crippen molar-refractivity contribution in [1.29, 1.82) is 0 Å². The van der Waals surface area contributed by atoms with E-state index in [0.29, 0.717) is 46.2 Å². The smallest absolute Gasteiger partial charge is 0.187 e.